The van der Waals surface area contributed by atoms with Crippen LogP contribution in [-0.2, 0) is 13.0 Å². The van der Waals surface area contributed by atoms with Crippen molar-refractivity contribution in [3.63, 3.8) is 0 Å². The van der Waals surface area contributed by atoms with E-state index in [0.29, 0.717) is 24.6 Å². The van der Waals surface area contributed by atoms with Crippen LogP contribution in [-0.4, -0.2) is 32.5 Å². The molecule has 6 nitrogen and oxygen atoms in total. The highest BCUT2D eigenvalue weighted by Crippen LogP contribution is 2.18. The highest BCUT2D eigenvalue weighted by atomic mass is 127. The molecule has 0 aliphatic carbocycles. The minimum absolute atomic E-state index is 0. The Hall–Kier alpha value is -2.55. The molecule has 28 heavy (non-hydrogen) atoms. The van der Waals surface area contributed by atoms with E-state index in [4.69, 9.17) is 4.42 Å². The standard InChI is InChI=1S/C21H24N4O2.HI/c1-22-20(26)17-8-5-6-15(12-17)10-11-24-21(23-2)25-14-18-13-16-7-3-4-9-19(16)27-18;/h3-9,12-13H,10-11,14H2,1-2H3,(H,22,26)(H2,23,24,25);1H. The number of amides is 1. The zero-order valence-electron chi connectivity index (χ0n) is 16.0. The van der Waals surface area contributed by atoms with E-state index in [1.165, 1.54) is 0 Å². The lowest BCUT2D eigenvalue weighted by molar-refractivity contribution is 0.0963. The van der Waals surface area contributed by atoms with E-state index >= 15 is 0 Å². The van der Waals surface area contributed by atoms with Crippen molar-refractivity contribution in [3.8, 4) is 0 Å². The maximum absolute atomic E-state index is 11.7. The van der Waals surface area contributed by atoms with Gasteiger partial charge in [-0.05, 0) is 36.2 Å². The number of carbonyl (C=O) groups is 1. The second-order valence-electron chi connectivity index (χ2n) is 6.13. The number of furan rings is 1. The summed E-state index contributed by atoms with van der Waals surface area (Å²) in [5, 5.41) is 10.3. The monoisotopic (exact) mass is 492 g/mol. The fourth-order valence-corrected chi connectivity index (χ4v) is 2.85. The molecule has 0 bridgehead atoms. The molecule has 1 amide bonds. The molecule has 0 saturated carbocycles. The molecule has 1 heterocycles. The van der Waals surface area contributed by atoms with Gasteiger partial charge in [-0.25, -0.2) is 0 Å². The lowest BCUT2D eigenvalue weighted by Gasteiger charge is -2.11. The third-order valence-electron chi connectivity index (χ3n) is 4.25. The van der Waals surface area contributed by atoms with Crippen molar-refractivity contribution in [1.29, 1.82) is 0 Å². The summed E-state index contributed by atoms with van der Waals surface area (Å²) in [5.74, 6) is 1.49. The molecule has 0 unspecified atom stereocenters. The molecule has 3 rings (SSSR count). The zero-order chi connectivity index (χ0) is 19.1. The van der Waals surface area contributed by atoms with Crippen molar-refractivity contribution in [2.75, 3.05) is 20.6 Å². The van der Waals surface area contributed by atoms with E-state index in [0.717, 1.165) is 28.7 Å². The normalized spacial score (nSPS) is 11.0. The molecule has 0 saturated heterocycles. The minimum Gasteiger partial charge on any atom is -0.459 e. The first-order chi connectivity index (χ1) is 13.2. The van der Waals surface area contributed by atoms with Crippen LogP contribution in [0.4, 0.5) is 0 Å². The highest BCUT2D eigenvalue weighted by molar-refractivity contribution is 14.0. The fourth-order valence-electron chi connectivity index (χ4n) is 2.85. The maximum Gasteiger partial charge on any atom is 0.251 e. The van der Waals surface area contributed by atoms with Gasteiger partial charge < -0.3 is 20.4 Å². The Balaban J connectivity index is 0.00000280. The van der Waals surface area contributed by atoms with Crippen LogP contribution in [0.2, 0.25) is 0 Å². The number of guanidine groups is 1. The quantitative estimate of drug-likeness (QED) is 0.280. The lowest BCUT2D eigenvalue weighted by atomic mass is 10.1. The van der Waals surface area contributed by atoms with E-state index in [2.05, 4.69) is 20.9 Å². The molecule has 2 aromatic carbocycles. The molecule has 0 aliphatic heterocycles. The molecule has 0 radical (unpaired) electrons. The average Bonchev–Trinajstić information content (AvgIpc) is 3.13. The molecular formula is C21H25IN4O2. The van der Waals surface area contributed by atoms with E-state index in [1.54, 1.807) is 14.1 Å². The van der Waals surface area contributed by atoms with Crippen molar-refractivity contribution >= 4 is 46.8 Å². The van der Waals surface area contributed by atoms with Gasteiger partial charge in [0.25, 0.3) is 5.91 Å². The van der Waals surface area contributed by atoms with Crippen molar-refractivity contribution in [1.82, 2.24) is 16.0 Å². The Labute approximate surface area is 181 Å². The minimum atomic E-state index is -0.0758. The summed E-state index contributed by atoms with van der Waals surface area (Å²) in [7, 11) is 3.37. The van der Waals surface area contributed by atoms with Gasteiger partial charge in [0.1, 0.15) is 11.3 Å². The van der Waals surface area contributed by atoms with Crippen LogP contribution in [0, 0.1) is 0 Å². The van der Waals surface area contributed by atoms with E-state index in [9.17, 15) is 4.79 Å². The summed E-state index contributed by atoms with van der Waals surface area (Å²) in [6, 6.07) is 17.6. The molecule has 148 valence electrons. The number of nitrogens with one attached hydrogen (secondary N) is 3. The second kappa shape index (κ2) is 10.7. The first kappa shape index (κ1) is 21.7. The number of fused-ring (bicyclic) bond motifs is 1. The second-order valence-corrected chi connectivity index (χ2v) is 6.13. The number of rotatable bonds is 6. The molecule has 0 spiro atoms. The number of benzene rings is 2. The summed E-state index contributed by atoms with van der Waals surface area (Å²) in [6.07, 6.45) is 0.788. The van der Waals surface area contributed by atoms with Crippen LogP contribution < -0.4 is 16.0 Å². The number of para-hydroxylation sites is 1. The Bertz CT molecular complexity index is 919. The Morgan fingerprint density at radius 2 is 1.89 bits per heavy atom. The molecule has 7 heteroatoms. The van der Waals surface area contributed by atoms with Crippen LogP contribution in [0.1, 0.15) is 21.7 Å². The predicted octanol–water partition coefficient (Wildman–Crippen LogP) is 3.32. The SMILES string of the molecule is CN=C(NCCc1cccc(C(=O)NC)c1)NCc1cc2ccccc2o1.I. The van der Waals surface area contributed by atoms with E-state index in [1.807, 2.05) is 54.6 Å². The highest BCUT2D eigenvalue weighted by Gasteiger charge is 2.06. The topological polar surface area (TPSA) is 78.7 Å². The van der Waals surface area contributed by atoms with E-state index < -0.39 is 0 Å². The number of nitrogens with zero attached hydrogens (tertiary/aromatic N) is 1. The predicted molar refractivity (Wildman–Crippen MR) is 123 cm³/mol. The summed E-state index contributed by atoms with van der Waals surface area (Å²) in [4.78, 5) is 15.9. The Morgan fingerprint density at radius 1 is 1.07 bits per heavy atom. The lowest BCUT2D eigenvalue weighted by Crippen LogP contribution is -2.37. The van der Waals surface area contributed by atoms with Gasteiger partial charge in [0.2, 0.25) is 0 Å². The zero-order valence-corrected chi connectivity index (χ0v) is 18.3. The number of halogens is 1. The van der Waals surface area contributed by atoms with Gasteiger partial charge in [-0.3, -0.25) is 9.79 Å². The van der Waals surface area contributed by atoms with Crippen molar-refractivity contribution in [3.05, 3.63) is 71.5 Å². The van der Waals surface area contributed by atoms with Gasteiger partial charge in [0, 0.05) is 31.6 Å². The summed E-state index contributed by atoms with van der Waals surface area (Å²) in [6.45, 7) is 1.26. The molecule has 3 aromatic rings. The van der Waals surface area contributed by atoms with Crippen molar-refractivity contribution in [2.45, 2.75) is 13.0 Å². The fraction of sp³-hybridized carbons (Fsp3) is 0.238. The van der Waals surface area contributed by atoms with Crippen LogP contribution >= 0.6 is 24.0 Å². The van der Waals surface area contributed by atoms with Gasteiger partial charge in [0.15, 0.2) is 5.96 Å². The van der Waals surface area contributed by atoms with Gasteiger partial charge >= 0.3 is 0 Å². The van der Waals surface area contributed by atoms with E-state index in [-0.39, 0.29) is 29.9 Å². The molecule has 0 fully saturated rings. The summed E-state index contributed by atoms with van der Waals surface area (Å²) < 4.78 is 5.80. The molecule has 3 N–H and O–H groups in total. The van der Waals surface area contributed by atoms with Gasteiger partial charge in [-0.1, -0.05) is 30.3 Å². The summed E-state index contributed by atoms with van der Waals surface area (Å²) in [5.41, 5.74) is 2.65. The summed E-state index contributed by atoms with van der Waals surface area (Å²) >= 11 is 0. The maximum atomic E-state index is 11.7. The van der Waals surface area contributed by atoms with Crippen LogP contribution in [0.25, 0.3) is 11.0 Å². The average molecular weight is 492 g/mol. The van der Waals surface area contributed by atoms with Gasteiger partial charge in [-0.2, -0.15) is 0 Å². The van der Waals surface area contributed by atoms with Gasteiger partial charge in [-0.15, -0.1) is 24.0 Å². The van der Waals surface area contributed by atoms with Gasteiger partial charge in [0.05, 0.1) is 6.54 Å². The van der Waals surface area contributed by atoms with Crippen LogP contribution in [0.5, 0.6) is 0 Å². The van der Waals surface area contributed by atoms with Crippen LogP contribution in [0.15, 0.2) is 64.0 Å². The Kier molecular flexibility index (Phi) is 8.31. The molecule has 0 atom stereocenters. The number of aliphatic imine (C=N–C) groups is 1. The third-order valence-corrected chi connectivity index (χ3v) is 4.25. The first-order valence-electron chi connectivity index (χ1n) is 8.92. The molecule has 0 aliphatic rings. The smallest absolute Gasteiger partial charge is 0.251 e. The number of hydrogen-bond donors (Lipinski definition) is 3. The largest absolute Gasteiger partial charge is 0.459 e. The van der Waals surface area contributed by atoms with Crippen LogP contribution in [0.3, 0.4) is 0 Å². The molecular weight excluding hydrogens is 467 g/mol. The van der Waals surface area contributed by atoms with Crippen molar-refractivity contribution < 1.29 is 9.21 Å². The number of carbonyl (C=O) groups excluding carboxylic acids is 1. The Morgan fingerprint density at radius 3 is 2.64 bits per heavy atom. The number of hydrogen-bond acceptors (Lipinski definition) is 3. The molecule has 1 aromatic heterocycles. The van der Waals surface area contributed by atoms with Crippen molar-refractivity contribution in [2.24, 2.45) is 4.99 Å². The third kappa shape index (κ3) is 5.72. The first-order valence-corrected chi connectivity index (χ1v) is 8.92.